The van der Waals surface area contributed by atoms with Crippen molar-refractivity contribution in [2.75, 3.05) is 7.11 Å². The summed E-state index contributed by atoms with van der Waals surface area (Å²) in [5, 5.41) is 8.00. The molecular weight excluding hydrogens is 315 g/mol. The van der Waals surface area contributed by atoms with Crippen molar-refractivity contribution in [2.45, 2.75) is 19.9 Å². The number of aryl methyl sites for hydroxylation is 3. The Morgan fingerprint density at radius 2 is 1.72 bits per heavy atom. The van der Waals surface area contributed by atoms with E-state index < -0.39 is 0 Å². The van der Waals surface area contributed by atoms with E-state index >= 15 is 0 Å². The molecule has 25 heavy (non-hydrogen) atoms. The number of nitrogens with zero attached hydrogens (tertiary/aromatic N) is 2. The molecule has 0 atom stereocenters. The number of aromatic nitrogens is 2. The van der Waals surface area contributed by atoms with Gasteiger partial charge in [0.15, 0.2) is 0 Å². The fourth-order valence-corrected chi connectivity index (χ4v) is 3.36. The smallest absolute Gasteiger partial charge is 0.127 e. The third kappa shape index (κ3) is 2.64. The van der Waals surface area contributed by atoms with Gasteiger partial charge in [-0.3, -0.25) is 4.68 Å². The lowest BCUT2D eigenvalue weighted by Crippen LogP contribution is -2.06. The van der Waals surface area contributed by atoms with Gasteiger partial charge < -0.3 is 4.74 Å². The highest BCUT2D eigenvalue weighted by Gasteiger charge is 2.14. The maximum absolute atomic E-state index is 13.9. The molecule has 0 aliphatic heterocycles. The summed E-state index contributed by atoms with van der Waals surface area (Å²) in [5.41, 5.74) is 2.74. The number of benzene rings is 3. The molecule has 0 unspecified atom stereocenters. The molecule has 1 aromatic heterocycles. The van der Waals surface area contributed by atoms with E-state index in [9.17, 15) is 4.39 Å². The number of hydrogen-bond acceptors (Lipinski definition) is 2. The molecule has 126 valence electrons. The van der Waals surface area contributed by atoms with E-state index in [1.165, 1.54) is 6.07 Å². The second-order valence-corrected chi connectivity index (χ2v) is 6.17. The van der Waals surface area contributed by atoms with Crippen LogP contribution in [0.5, 0.6) is 5.75 Å². The van der Waals surface area contributed by atoms with Crippen LogP contribution in [0.4, 0.5) is 4.39 Å². The molecule has 4 aromatic rings. The van der Waals surface area contributed by atoms with Gasteiger partial charge in [0.2, 0.25) is 0 Å². The standard InChI is InChI=1S/C21H19FN2O/c1-14-18-13-20(25-2)16-8-4-5-9-17(16)21(18)23-24(14)12-11-15-7-3-6-10-19(15)22/h3-10,13H,11-12H2,1-2H3. The maximum atomic E-state index is 13.9. The fourth-order valence-electron chi connectivity index (χ4n) is 3.36. The summed E-state index contributed by atoms with van der Waals surface area (Å²) >= 11 is 0. The molecule has 0 radical (unpaired) electrons. The van der Waals surface area contributed by atoms with Crippen LogP contribution in [0.25, 0.3) is 21.7 Å². The van der Waals surface area contributed by atoms with Crippen molar-refractivity contribution in [1.82, 2.24) is 9.78 Å². The fraction of sp³-hybridized carbons (Fsp3) is 0.190. The van der Waals surface area contributed by atoms with Crippen molar-refractivity contribution < 1.29 is 9.13 Å². The minimum atomic E-state index is -0.163. The number of fused-ring (bicyclic) bond motifs is 3. The van der Waals surface area contributed by atoms with E-state index in [-0.39, 0.29) is 5.82 Å². The van der Waals surface area contributed by atoms with Crippen LogP contribution in [0.1, 0.15) is 11.3 Å². The predicted octanol–water partition coefficient (Wildman–Crippen LogP) is 4.89. The first-order valence-corrected chi connectivity index (χ1v) is 8.35. The number of ether oxygens (including phenoxy) is 1. The van der Waals surface area contributed by atoms with Crippen LogP contribution in [-0.2, 0) is 13.0 Å². The predicted molar refractivity (Wildman–Crippen MR) is 98.6 cm³/mol. The molecular formula is C21H19FN2O. The van der Waals surface area contributed by atoms with Crippen LogP contribution < -0.4 is 4.74 Å². The number of halogens is 1. The third-order valence-corrected chi connectivity index (χ3v) is 4.75. The molecule has 0 bridgehead atoms. The quantitative estimate of drug-likeness (QED) is 0.531. The van der Waals surface area contributed by atoms with Gasteiger partial charge in [-0.25, -0.2) is 4.39 Å². The van der Waals surface area contributed by atoms with Crippen LogP contribution in [-0.4, -0.2) is 16.9 Å². The maximum Gasteiger partial charge on any atom is 0.127 e. The van der Waals surface area contributed by atoms with E-state index in [1.54, 1.807) is 13.2 Å². The topological polar surface area (TPSA) is 27.1 Å². The molecule has 3 aromatic carbocycles. The molecule has 0 saturated carbocycles. The highest BCUT2D eigenvalue weighted by Crippen LogP contribution is 2.34. The molecule has 0 amide bonds. The second-order valence-electron chi connectivity index (χ2n) is 6.17. The Balaban J connectivity index is 1.79. The van der Waals surface area contributed by atoms with Gasteiger partial charge in [0, 0.05) is 28.4 Å². The Bertz CT molecular complexity index is 1070. The number of hydrogen-bond donors (Lipinski definition) is 0. The SMILES string of the molecule is COc1cc2c(C)n(CCc3ccccc3F)nc2c2ccccc12. The number of rotatable bonds is 4. The summed E-state index contributed by atoms with van der Waals surface area (Å²) in [6.07, 6.45) is 0.608. The molecule has 0 aliphatic carbocycles. The minimum Gasteiger partial charge on any atom is -0.496 e. The van der Waals surface area contributed by atoms with Crippen LogP contribution in [0.15, 0.2) is 54.6 Å². The number of methoxy groups -OCH3 is 1. The Morgan fingerprint density at radius 1 is 1.00 bits per heavy atom. The Labute approximate surface area is 145 Å². The molecule has 4 rings (SSSR count). The summed E-state index contributed by atoms with van der Waals surface area (Å²) in [7, 11) is 1.69. The van der Waals surface area contributed by atoms with Crippen molar-refractivity contribution in [1.29, 1.82) is 0 Å². The molecule has 0 saturated heterocycles. The molecule has 0 aliphatic rings. The average Bonchev–Trinajstić information content (AvgIpc) is 2.96. The lowest BCUT2D eigenvalue weighted by atomic mass is 10.1. The Hall–Kier alpha value is -2.88. The zero-order valence-electron chi connectivity index (χ0n) is 14.3. The van der Waals surface area contributed by atoms with Gasteiger partial charge in [-0.1, -0.05) is 42.5 Å². The van der Waals surface area contributed by atoms with Gasteiger partial charge in [0.05, 0.1) is 7.11 Å². The first-order chi connectivity index (χ1) is 12.2. The van der Waals surface area contributed by atoms with Gasteiger partial charge in [-0.15, -0.1) is 0 Å². The highest BCUT2D eigenvalue weighted by molar-refractivity contribution is 6.09. The van der Waals surface area contributed by atoms with Crippen molar-refractivity contribution in [3.8, 4) is 5.75 Å². The summed E-state index contributed by atoms with van der Waals surface area (Å²) in [6, 6.07) is 17.1. The van der Waals surface area contributed by atoms with Crippen LogP contribution in [0, 0.1) is 12.7 Å². The monoisotopic (exact) mass is 334 g/mol. The van der Waals surface area contributed by atoms with E-state index in [4.69, 9.17) is 9.84 Å². The Kier molecular flexibility index (Phi) is 3.88. The molecule has 4 heteroatoms. The van der Waals surface area contributed by atoms with Gasteiger partial charge in [-0.05, 0) is 31.0 Å². The van der Waals surface area contributed by atoms with Crippen molar-refractivity contribution in [2.24, 2.45) is 0 Å². The summed E-state index contributed by atoms with van der Waals surface area (Å²) in [4.78, 5) is 0. The lowest BCUT2D eigenvalue weighted by molar-refractivity contribution is 0.420. The molecule has 1 heterocycles. The first-order valence-electron chi connectivity index (χ1n) is 8.35. The lowest BCUT2D eigenvalue weighted by Gasteiger charge is -2.06. The van der Waals surface area contributed by atoms with Crippen LogP contribution in [0.2, 0.25) is 0 Å². The van der Waals surface area contributed by atoms with Crippen LogP contribution in [0.3, 0.4) is 0 Å². The highest BCUT2D eigenvalue weighted by atomic mass is 19.1. The summed E-state index contributed by atoms with van der Waals surface area (Å²) < 4.78 is 21.4. The molecule has 0 spiro atoms. The van der Waals surface area contributed by atoms with E-state index in [1.807, 2.05) is 48.0 Å². The Morgan fingerprint density at radius 3 is 2.48 bits per heavy atom. The molecule has 0 N–H and O–H groups in total. The zero-order chi connectivity index (χ0) is 17.4. The second kappa shape index (κ2) is 6.20. The van der Waals surface area contributed by atoms with Crippen molar-refractivity contribution in [3.05, 3.63) is 71.7 Å². The van der Waals surface area contributed by atoms with Gasteiger partial charge >= 0.3 is 0 Å². The van der Waals surface area contributed by atoms with E-state index in [2.05, 4.69) is 6.07 Å². The summed E-state index contributed by atoms with van der Waals surface area (Å²) in [6.45, 7) is 2.68. The zero-order valence-corrected chi connectivity index (χ0v) is 14.3. The van der Waals surface area contributed by atoms with Gasteiger partial charge in [0.1, 0.15) is 17.1 Å². The van der Waals surface area contributed by atoms with Crippen molar-refractivity contribution >= 4 is 21.7 Å². The van der Waals surface area contributed by atoms with Crippen molar-refractivity contribution in [3.63, 3.8) is 0 Å². The summed E-state index contributed by atoms with van der Waals surface area (Å²) in [5.74, 6) is 0.684. The van der Waals surface area contributed by atoms with Crippen LogP contribution >= 0.6 is 0 Å². The normalized spacial score (nSPS) is 11.3. The minimum absolute atomic E-state index is 0.163. The molecule has 3 nitrogen and oxygen atoms in total. The van der Waals surface area contributed by atoms with Gasteiger partial charge in [-0.2, -0.15) is 5.10 Å². The van der Waals surface area contributed by atoms with E-state index in [0.29, 0.717) is 18.5 Å². The first kappa shape index (κ1) is 15.6. The largest absolute Gasteiger partial charge is 0.496 e. The van der Waals surface area contributed by atoms with E-state index in [0.717, 1.165) is 33.1 Å². The molecule has 0 fully saturated rings. The van der Waals surface area contributed by atoms with Gasteiger partial charge in [0.25, 0.3) is 0 Å². The average molecular weight is 334 g/mol. The third-order valence-electron chi connectivity index (χ3n) is 4.75.